The highest BCUT2D eigenvalue weighted by atomic mass is 35.5. The molecule has 0 unspecified atom stereocenters. The zero-order valence-electron chi connectivity index (χ0n) is 16.6. The van der Waals surface area contributed by atoms with Crippen LogP contribution in [0, 0.1) is 6.92 Å². The maximum Gasteiger partial charge on any atom is 0.208 e. The first-order chi connectivity index (χ1) is 14.1. The third kappa shape index (κ3) is 3.84. The summed E-state index contributed by atoms with van der Waals surface area (Å²) in [6.45, 7) is 1.99. The molecule has 0 saturated carbocycles. The molecule has 4 aromatic rings. The first kappa shape index (κ1) is 19.1. The Morgan fingerprint density at radius 1 is 1.03 bits per heavy atom. The summed E-state index contributed by atoms with van der Waals surface area (Å²) in [5.41, 5.74) is 6.10. The topological polar surface area (TPSA) is 39.1 Å². The fourth-order valence-electron chi connectivity index (χ4n) is 3.44. The highest BCUT2D eigenvalue weighted by Gasteiger charge is 2.14. The number of halogens is 1. The first-order valence-corrected chi connectivity index (χ1v) is 9.74. The lowest BCUT2D eigenvalue weighted by Crippen LogP contribution is -2.03. The number of hydrogen-bond donors (Lipinski definition) is 1. The van der Waals surface area contributed by atoms with E-state index in [4.69, 9.17) is 21.3 Å². The van der Waals surface area contributed by atoms with Crippen LogP contribution in [0.5, 0.6) is 5.75 Å². The molecule has 0 saturated heterocycles. The van der Waals surface area contributed by atoms with Crippen molar-refractivity contribution >= 4 is 46.4 Å². The summed E-state index contributed by atoms with van der Waals surface area (Å²) in [6, 6.07) is 20.1. The second-order valence-corrected chi connectivity index (χ2v) is 7.31. The summed E-state index contributed by atoms with van der Waals surface area (Å²) in [6.07, 6.45) is 4.23. The summed E-state index contributed by atoms with van der Waals surface area (Å²) in [5.74, 6) is 1.43. The molecule has 4 nitrogen and oxygen atoms in total. The normalized spacial score (nSPS) is 11.3. The van der Waals surface area contributed by atoms with E-state index in [9.17, 15) is 0 Å². The Kier molecular flexibility index (Phi) is 5.28. The van der Waals surface area contributed by atoms with Gasteiger partial charge in [-0.3, -0.25) is 0 Å². The number of nitrogens with one attached hydrogen (secondary N) is 1. The van der Waals surface area contributed by atoms with Crippen molar-refractivity contribution in [2.45, 2.75) is 6.92 Å². The fraction of sp³-hybridized carbons (Fsp3) is 0.125. The smallest absolute Gasteiger partial charge is 0.208 e. The van der Waals surface area contributed by atoms with Gasteiger partial charge in [0.05, 0.1) is 23.8 Å². The number of hydrogen-bond acceptors (Lipinski definition) is 3. The molecule has 4 rings (SSSR count). The SMILES string of the molecule is COc1cc(Cl)cc(C)c1Nc1nc2cccc(C=Cc3ccccc3)c2n1C. The number of fused-ring (bicyclic) bond motifs is 1. The summed E-state index contributed by atoms with van der Waals surface area (Å²) in [5, 5.41) is 4.06. The Morgan fingerprint density at radius 3 is 2.59 bits per heavy atom. The van der Waals surface area contributed by atoms with Crippen LogP contribution < -0.4 is 10.1 Å². The van der Waals surface area contributed by atoms with Crippen LogP contribution in [-0.4, -0.2) is 16.7 Å². The quantitative estimate of drug-likeness (QED) is 0.389. The van der Waals surface area contributed by atoms with Crippen molar-refractivity contribution in [2.24, 2.45) is 7.05 Å². The van der Waals surface area contributed by atoms with E-state index in [1.807, 2.05) is 50.4 Å². The minimum absolute atomic E-state index is 0.642. The van der Waals surface area contributed by atoms with E-state index in [-0.39, 0.29) is 0 Å². The molecule has 146 valence electrons. The molecule has 3 aromatic carbocycles. The largest absolute Gasteiger partial charge is 0.495 e. The molecule has 0 fully saturated rings. The van der Waals surface area contributed by atoms with Crippen LogP contribution in [0.3, 0.4) is 0 Å². The summed E-state index contributed by atoms with van der Waals surface area (Å²) < 4.78 is 7.57. The lowest BCUT2D eigenvalue weighted by molar-refractivity contribution is 0.416. The van der Waals surface area contributed by atoms with Crippen LogP contribution in [0.2, 0.25) is 5.02 Å². The molecule has 1 aromatic heterocycles. The minimum Gasteiger partial charge on any atom is -0.495 e. The molecule has 1 N–H and O–H groups in total. The van der Waals surface area contributed by atoms with Gasteiger partial charge in [-0.15, -0.1) is 0 Å². The van der Waals surface area contributed by atoms with Gasteiger partial charge in [0.2, 0.25) is 5.95 Å². The van der Waals surface area contributed by atoms with Gasteiger partial charge in [0.15, 0.2) is 0 Å². The molecule has 0 spiro atoms. The number of aromatic nitrogens is 2. The summed E-state index contributed by atoms with van der Waals surface area (Å²) in [7, 11) is 3.65. The number of nitrogens with zero attached hydrogens (tertiary/aromatic N) is 2. The number of aryl methyl sites for hydroxylation is 2. The van der Waals surface area contributed by atoms with E-state index >= 15 is 0 Å². The van der Waals surface area contributed by atoms with E-state index in [2.05, 4.69) is 40.2 Å². The predicted molar refractivity (Wildman–Crippen MR) is 122 cm³/mol. The lowest BCUT2D eigenvalue weighted by atomic mass is 10.1. The predicted octanol–water partition coefficient (Wildman–Crippen LogP) is 6.46. The van der Waals surface area contributed by atoms with Crippen LogP contribution in [-0.2, 0) is 7.05 Å². The highest BCUT2D eigenvalue weighted by molar-refractivity contribution is 6.31. The average molecular weight is 404 g/mol. The van der Waals surface area contributed by atoms with Crippen molar-refractivity contribution in [3.63, 3.8) is 0 Å². The van der Waals surface area contributed by atoms with Crippen LogP contribution in [0.1, 0.15) is 16.7 Å². The summed E-state index contributed by atoms with van der Waals surface area (Å²) in [4.78, 5) is 4.79. The first-order valence-electron chi connectivity index (χ1n) is 9.36. The van der Waals surface area contributed by atoms with Gasteiger partial charge >= 0.3 is 0 Å². The lowest BCUT2D eigenvalue weighted by Gasteiger charge is -2.14. The van der Waals surface area contributed by atoms with Crippen molar-refractivity contribution < 1.29 is 4.74 Å². The molecule has 0 aliphatic heterocycles. The van der Waals surface area contributed by atoms with E-state index in [1.54, 1.807) is 13.2 Å². The number of rotatable bonds is 5. The fourth-order valence-corrected chi connectivity index (χ4v) is 3.70. The molecule has 0 aliphatic rings. The molecule has 0 atom stereocenters. The number of anilines is 2. The van der Waals surface area contributed by atoms with Gasteiger partial charge in [0, 0.05) is 23.7 Å². The molecular weight excluding hydrogens is 382 g/mol. The van der Waals surface area contributed by atoms with Crippen LogP contribution in [0.4, 0.5) is 11.6 Å². The third-order valence-electron chi connectivity index (χ3n) is 4.90. The molecular formula is C24H22ClN3O. The van der Waals surface area contributed by atoms with Gasteiger partial charge in [-0.05, 0) is 30.2 Å². The average Bonchev–Trinajstić information content (AvgIpc) is 3.05. The second-order valence-electron chi connectivity index (χ2n) is 6.88. The van der Waals surface area contributed by atoms with Crippen LogP contribution in [0.15, 0.2) is 60.7 Å². The molecule has 0 aliphatic carbocycles. The second kappa shape index (κ2) is 8.02. The molecule has 0 bridgehead atoms. The molecule has 5 heteroatoms. The van der Waals surface area contributed by atoms with Gasteiger partial charge in [0.1, 0.15) is 5.75 Å². The van der Waals surface area contributed by atoms with Gasteiger partial charge in [0.25, 0.3) is 0 Å². The zero-order chi connectivity index (χ0) is 20.4. The Balaban J connectivity index is 1.75. The zero-order valence-corrected chi connectivity index (χ0v) is 17.4. The van der Waals surface area contributed by atoms with Gasteiger partial charge in [-0.1, -0.05) is 66.2 Å². The Hall–Kier alpha value is -3.24. The van der Waals surface area contributed by atoms with E-state index in [0.717, 1.165) is 39.4 Å². The van der Waals surface area contributed by atoms with Crippen molar-refractivity contribution in [3.05, 3.63) is 82.4 Å². The monoisotopic (exact) mass is 403 g/mol. The van der Waals surface area contributed by atoms with Crippen LogP contribution in [0.25, 0.3) is 23.2 Å². The molecule has 0 radical (unpaired) electrons. The molecule has 1 heterocycles. The van der Waals surface area contributed by atoms with Gasteiger partial charge in [-0.25, -0.2) is 4.98 Å². The van der Waals surface area contributed by atoms with Crippen molar-refractivity contribution in [1.82, 2.24) is 9.55 Å². The Bertz CT molecular complexity index is 1200. The van der Waals surface area contributed by atoms with E-state index in [1.165, 1.54) is 0 Å². The molecule has 0 amide bonds. The Labute approximate surface area is 175 Å². The van der Waals surface area contributed by atoms with Crippen molar-refractivity contribution in [2.75, 3.05) is 12.4 Å². The van der Waals surface area contributed by atoms with E-state index in [0.29, 0.717) is 10.8 Å². The van der Waals surface area contributed by atoms with Crippen molar-refractivity contribution in [1.29, 1.82) is 0 Å². The summed E-state index contributed by atoms with van der Waals surface area (Å²) >= 11 is 6.17. The Morgan fingerprint density at radius 2 is 1.83 bits per heavy atom. The number of benzene rings is 3. The number of methoxy groups -OCH3 is 1. The number of ether oxygens (including phenoxy) is 1. The minimum atomic E-state index is 0.642. The standard InChI is InChI=1S/C24H22ClN3O/c1-16-14-19(25)15-21(29-3)22(16)27-24-26-20-11-7-10-18(23(20)28(24)2)13-12-17-8-5-4-6-9-17/h4-15H,1-3H3,(H,26,27). The van der Waals surface area contributed by atoms with Gasteiger partial charge < -0.3 is 14.6 Å². The van der Waals surface area contributed by atoms with Crippen LogP contribution >= 0.6 is 11.6 Å². The van der Waals surface area contributed by atoms with E-state index < -0.39 is 0 Å². The highest BCUT2D eigenvalue weighted by Crippen LogP contribution is 2.35. The maximum absolute atomic E-state index is 6.17. The van der Waals surface area contributed by atoms with Gasteiger partial charge in [-0.2, -0.15) is 0 Å². The number of imidazole rings is 1. The number of para-hydroxylation sites is 1. The van der Waals surface area contributed by atoms with Crippen molar-refractivity contribution in [3.8, 4) is 5.75 Å². The molecule has 29 heavy (non-hydrogen) atoms. The maximum atomic E-state index is 6.17. The third-order valence-corrected chi connectivity index (χ3v) is 5.12.